The van der Waals surface area contributed by atoms with Crippen molar-refractivity contribution in [2.24, 2.45) is 0 Å². The second kappa shape index (κ2) is 12.8. The van der Waals surface area contributed by atoms with Gasteiger partial charge < -0.3 is 15.0 Å². The van der Waals surface area contributed by atoms with E-state index in [-0.39, 0.29) is 34.1 Å². The van der Waals surface area contributed by atoms with Crippen LogP contribution in [0.1, 0.15) is 38.2 Å². The summed E-state index contributed by atoms with van der Waals surface area (Å²) in [7, 11) is -2.87. The Balaban J connectivity index is 2.01. The number of rotatable bonds is 11. The lowest BCUT2D eigenvalue weighted by Gasteiger charge is -2.32. The van der Waals surface area contributed by atoms with E-state index in [9.17, 15) is 28.1 Å². The van der Waals surface area contributed by atoms with Gasteiger partial charge in [0.05, 0.1) is 18.3 Å². The highest BCUT2D eigenvalue weighted by Gasteiger charge is 2.33. The lowest BCUT2D eigenvalue weighted by molar-refractivity contribution is -0.384. The van der Waals surface area contributed by atoms with Crippen LogP contribution in [-0.2, 0) is 26.2 Å². The first kappa shape index (κ1) is 30.5. The zero-order valence-corrected chi connectivity index (χ0v) is 24.1. The number of methoxy groups -OCH3 is 1. The summed E-state index contributed by atoms with van der Waals surface area (Å²) in [5.41, 5.74) is -0.203. The maximum Gasteiger partial charge on any atom is 0.271 e. The molecule has 1 atom stereocenters. The number of benzene rings is 2. The average Bonchev–Trinajstić information content (AvgIpc) is 3.38. The molecule has 3 rings (SSSR count). The summed E-state index contributed by atoms with van der Waals surface area (Å²) < 4.78 is 31.6. The molecule has 1 N–H and O–H groups in total. The summed E-state index contributed by atoms with van der Waals surface area (Å²) in [5, 5.41) is 14.9. The van der Waals surface area contributed by atoms with Gasteiger partial charge in [-0.15, -0.1) is 0 Å². The van der Waals surface area contributed by atoms with Crippen LogP contribution in [-0.4, -0.2) is 62.0 Å². The highest BCUT2D eigenvalue weighted by molar-refractivity contribution is 7.92. The molecule has 2 aromatic rings. The van der Waals surface area contributed by atoms with E-state index in [4.69, 9.17) is 27.9 Å². The standard InChI is InChI=1S/C25H30Cl2N4O7S/c1-16(25(33)28-17-7-4-5-8-17)29(14-19-20(26)9-6-10-21(19)27)24(32)15-30(39(3,36)37)22-13-18(31(34)35)11-12-23(22)38-2/h6,9-13,16-17H,4-5,7-8,14-15H2,1-3H3,(H,28,33)/t16-/m1/s1. The fourth-order valence-corrected chi connectivity index (χ4v) is 5.77. The molecule has 1 saturated carbocycles. The van der Waals surface area contributed by atoms with Crippen LogP contribution in [0.3, 0.4) is 0 Å². The molecule has 2 aromatic carbocycles. The molecular weight excluding hydrogens is 571 g/mol. The average molecular weight is 602 g/mol. The number of hydrogen-bond donors (Lipinski definition) is 1. The number of non-ortho nitro benzene ring substituents is 1. The van der Waals surface area contributed by atoms with Gasteiger partial charge in [0.15, 0.2) is 0 Å². The van der Waals surface area contributed by atoms with Crippen molar-refractivity contribution in [3.63, 3.8) is 0 Å². The topological polar surface area (TPSA) is 139 Å². The number of halogens is 2. The predicted octanol–water partition coefficient (Wildman–Crippen LogP) is 4.15. The molecule has 0 bridgehead atoms. The van der Waals surface area contributed by atoms with Gasteiger partial charge in [-0.3, -0.25) is 24.0 Å². The van der Waals surface area contributed by atoms with E-state index < -0.39 is 45.0 Å². The molecule has 0 aliphatic heterocycles. The van der Waals surface area contributed by atoms with Crippen LogP contribution < -0.4 is 14.4 Å². The number of anilines is 1. The summed E-state index contributed by atoms with van der Waals surface area (Å²) in [4.78, 5) is 38.8. The largest absolute Gasteiger partial charge is 0.495 e. The summed E-state index contributed by atoms with van der Waals surface area (Å²) in [6, 6.07) is 7.20. The lowest BCUT2D eigenvalue weighted by Crippen LogP contribution is -2.52. The number of sulfonamides is 1. The molecule has 11 nitrogen and oxygen atoms in total. The quantitative estimate of drug-likeness (QED) is 0.302. The number of nitro benzene ring substituents is 1. The molecule has 0 saturated heterocycles. The Morgan fingerprint density at radius 3 is 2.33 bits per heavy atom. The molecule has 14 heteroatoms. The number of nitrogens with one attached hydrogen (secondary N) is 1. The number of carbonyl (C=O) groups excluding carboxylic acids is 2. The van der Waals surface area contributed by atoms with E-state index >= 15 is 0 Å². The van der Waals surface area contributed by atoms with Crippen molar-refractivity contribution in [1.29, 1.82) is 0 Å². The van der Waals surface area contributed by atoms with E-state index in [2.05, 4.69) is 5.32 Å². The van der Waals surface area contributed by atoms with Gasteiger partial charge in [-0.1, -0.05) is 42.1 Å². The Bertz CT molecular complexity index is 1330. The highest BCUT2D eigenvalue weighted by atomic mass is 35.5. The Kier molecular flexibility index (Phi) is 10.0. The smallest absolute Gasteiger partial charge is 0.271 e. The third-order valence-corrected chi connectivity index (χ3v) is 8.41. The van der Waals surface area contributed by atoms with Gasteiger partial charge in [0.25, 0.3) is 5.69 Å². The maximum absolute atomic E-state index is 13.8. The zero-order chi connectivity index (χ0) is 28.9. The Morgan fingerprint density at radius 2 is 1.79 bits per heavy atom. The van der Waals surface area contributed by atoms with Crippen LogP contribution in [0.15, 0.2) is 36.4 Å². The first-order chi connectivity index (χ1) is 18.3. The highest BCUT2D eigenvalue weighted by Crippen LogP contribution is 2.34. The molecule has 0 unspecified atom stereocenters. The van der Waals surface area contributed by atoms with Crippen LogP contribution in [0.5, 0.6) is 5.75 Å². The molecule has 1 aliphatic carbocycles. The molecule has 0 radical (unpaired) electrons. The van der Waals surface area contributed by atoms with Crippen molar-refractivity contribution < 1.29 is 27.7 Å². The minimum Gasteiger partial charge on any atom is -0.495 e. The molecule has 212 valence electrons. The fourth-order valence-electron chi connectivity index (χ4n) is 4.41. The van der Waals surface area contributed by atoms with Crippen LogP contribution in [0.2, 0.25) is 10.0 Å². The lowest BCUT2D eigenvalue weighted by atomic mass is 10.1. The minimum atomic E-state index is -4.14. The van der Waals surface area contributed by atoms with Crippen LogP contribution in [0.25, 0.3) is 0 Å². The first-order valence-electron chi connectivity index (χ1n) is 12.2. The van der Waals surface area contributed by atoms with Crippen molar-refractivity contribution >= 4 is 56.4 Å². The minimum absolute atomic E-state index is 0.00606. The molecule has 2 amide bonds. The summed E-state index contributed by atoms with van der Waals surface area (Å²) in [6.45, 7) is 0.589. The number of ether oxygens (including phenoxy) is 1. The predicted molar refractivity (Wildman–Crippen MR) is 149 cm³/mol. The van der Waals surface area contributed by atoms with Gasteiger partial charge in [-0.25, -0.2) is 8.42 Å². The molecule has 0 aromatic heterocycles. The van der Waals surface area contributed by atoms with Gasteiger partial charge in [-0.05, 0) is 38.0 Å². The van der Waals surface area contributed by atoms with E-state index in [1.807, 2.05) is 0 Å². The SMILES string of the molecule is COc1ccc([N+](=O)[O-])cc1N(CC(=O)N(Cc1c(Cl)cccc1Cl)[C@H](C)C(=O)NC1CCCC1)S(C)(=O)=O. The number of nitrogens with zero attached hydrogens (tertiary/aromatic N) is 3. The van der Waals surface area contributed by atoms with Gasteiger partial charge in [0.1, 0.15) is 24.0 Å². The van der Waals surface area contributed by atoms with Crippen LogP contribution in [0, 0.1) is 10.1 Å². The van der Waals surface area contributed by atoms with Gasteiger partial charge in [-0.2, -0.15) is 0 Å². The molecule has 0 heterocycles. The molecule has 1 fully saturated rings. The van der Waals surface area contributed by atoms with Gasteiger partial charge in [0, 0.05) is 40.3 Å². The molecule has 0 spiro atoms. The van der Waals surface area contributed by atoms with Crippen molar-refractivity contribution in [2.75, 3.05) is 24.2 Å². The second-order valence-corrected chi connectivity index (χ2v) is 12.0. The first-order valence-corrected chi connectivity index (χ1v) is 14.8. The molecular formula is C25H30Cl2N4O7S. The van der Waals surface area contributed by atoms with Crippen molar-refractivity contribution in [3.05, 3.63) is 62.1 Å². The number of carbonyl (C=O) groups is 2. The fraction of sp³-hybridized carbons (Fsp3) is 0.440. The maximum atomic E-state index is 13.8. The summed E-state index contributed by atoms with van der Waals surface area (Å²) in [6.07, 6.45) is 4.51. The second-order valence-electron chi connectivity index (χ2n) is 9.27. The van der Waals surface area contributed by atoms with Crippen molar-refractivity contribution in [3.8, 4) is 5.75 Å². The number of nitro groups is 1. The zero-order valence-electron chi connectivity index (χ0n) is 21.7. The van der Waals surface area contributed by atoms with E-state index in [1.165, 1.54) is 25.0 Å². The number of amides is 2. The van der Waals surface area contributed by atoms with E-state index in [1.54, 1.807) is 18.2 Å². The van der Waals surface area contributed by atoms with Gasteiger partial charge in [0.2, 0.25) is 21.8 Å². The summed E-state index contributed by atoms with van der Waals surface area (Å²) >= 11 is 12.7. The Labute approximate surface area is 237 Å². The third kappa shape index (κ3) is 7.52. The van der Waals surface area contributed by atoms with Crippen molar-refractivity contribution in [2.45, 2.75) is 51.2 Å². The van der Waals surface area contributed by atoms with Crippen molar-refractivity contribution in [1.82, 2.24) is 10.2 Å². The monoisotopic (exact) mass is 600 g/mol. The third-order valence-electron chi connectivity index (χ3n) is 6.58. The van der Waals surface area contributed by atoms with E-state index in [0.29, 0.717) is 9.87 Å². The van der Waals surface area contributed by atoms with Crippen LogP contribution in [0.4, 0.5) is 11.4 Å². The molecule has 1 aliphatic rings. The number of hydrogen-bond acceptors (Lipinski definition) is 7. The molecule has 39 heavy (non-hydrogen) atoms. The Morgan fingerprint density at radius 1 is 1.18 bits per heavy atom. The summed E-state index contributed by atoms with van der Waals surface area (Å²) in [5.74, 6) is -1.15. The van der Waals surface area contributed by atoms with Gasteiger partial charge >= 0.3 is 0 Å². The normalized spacial score (nSPS) is 14.5. The van der Waals surface area contributed by atoms with E-state index in [0.717, 1.165) is 44.1 Å². The van der Waals surface area contributed by atoms with Crippen LogP contribution >= 0.6 is 23.2 Å². The Hall–Kier alpha value is -3.09.